The first-order valence-corrected chi connectivity index (χ1v) is 7.46. The molecule has 2 N–H and O–H groups in total. The minimum atomic E-state index is 0.160. The molecule has 130 valence electrons. The molecule has 0 radical (unpaired) electrons. The number of oxazole rings is 1. The monoisotopic (exact) mass is 350 g/mol. The number of aromatic nitrogens is 2. The molecule has 0 aliphatic rings. The van der Waals surface area contributed by atoms with E-state index in [0.717, 1.165) is 5.56 Å². The number of hydrogen-bond donors (Lipinski definition) is 2. The molecule has 9 heteroatoms. The number of guanidine groups is 1. The summed E-state index contributed by atoms with van der Waals surface area (Å²) in [6.45, 7) is 0. The van der Waals surface area contributed by atoms with Gasteiger partial charge in [0.15, 0.2) is 24.5 Å². The number of benzene rings is 1. The number of nitriles is 1. The molecule has 0 aliphatic heterocycles. The Balaban J connectivity index is 1.91. The van der Waals surface area contributed by atoms with Crippen molar-refractivity contribution in [3.63, 3.8) is 0 Å². The molecule has 0 aliphatic carbocycles. The lowest BCUT2D eigenvalue weighted by atomic mass is 10.1. The molecule has 26 heavy (non-hydrogen) atoms. The van der Waals surface area contributed by atoms with E-state index in [2.05, 4.69) is 20.6 Å². The molecule has 0 spiro atoms. The highest BCUT2D eigenvalue weighted by Gasteiger charge is 2.10. The molecule has 9 nitrogen and oxygen atoms in total. The quantitative estimate of drug-likeness (QED) is 0.185. The summed E-state index contributed by atoms with van der Waals surface area (Å²) >= 11 is 0. The second-order valence-electron chi connectivity index (χ2n) is 5.03. The summed E-state index contributed by atoms with van der Waals surface area (Å²) in [7, 11) is 1.53. The zero-order chi connectivity index (χ0) is 18.4. The lowest BCUT2D eigenvalue weighted by molar-refractivity contribution is -0.604. The summed E-state index contributed by atoms with van der Waals surface area (Å²) in [4.78, 5) is 8.23. The number of pyridine rings is 1. The molecule has 0 saturated heterocycles. The third kappa shape index (κ3) is 3.88. The van der Waals surface area contributed by atoms with Crippen LogP contribution in [0.2, 0.25) is 0 Å². The van der Waals surface area contributed by atoms with E-state index in [4.69, 9.17) is 14.4 Å². The van der Waals surface area contributed by atoms with Crippen molar-refractivity contribution >= 4 is 17.3 Å². The van der Waals surface area contributed by atoms with E-state index < -0.39 is 0 Å². The molecule has 0 amide bonds. The lowest BCUT2D eigenvalue weighted by Crippen LogP contribution is -2.29. The van der Waals surface area contributed by atoms with Crippen LogP contribution in [0.4, 0.5) is 11.4 Å². The largest absolute Gasteiger partial charge is 0.619 e. The number of methoxy groups -OCH3 is 1. The molecule has 0 fully saturated rings. The van der Waals surface area contributed by atoms with Crippen LogP contribution in [0.5, 0.6) is 5.75 Å². The van der Waals surface area contributed by atoms with Crippen LogP contribution < -0.4 is 20.1 Å². The van der Waals surface area contributed by atoms with Gasteiger partial charge in [0.05, 0.1) is 24.6 Å². The topological polar surface area (TPSA) is 122 Å². The molecule has 3 rings (SSSR count). The van der Waals surface area contributed by atoms with Crippen LogP contribution in [0.15, 0.2) is 64.7 Å². The predicted octanol–water partition coefficient (Wildman–Crippen LogP) is 2.15. The van der Waals surface area contributed by atoms with Gasteiger partial charge in [-0.2, -0.15) is 9.99 Å². The Morgan fingerprint density at radius 3 is 3.00 bits per heavy atom. The Hall–Kier alpha value is -4.06. The molecule has 0 bridgehead atoms. The minimum absolute atomic E-state index is 0.160. The van der Waals surface area contributed by atoms with E-state index >= 15 is 0 Å². The highest BCUT2D eigenvalue weighted by Crippen LogP contribution is 2.33. The number of ether oxygens (including phenoxy) is 1. The van der Waals surface area contributed by atoms with Gasteiger partial charge in [-0.25, -0.2) is 9.98 Å². The first-order valence-electron chi connectivity index (χ1n) is 7.46. The molecule has 0 saturated carbocycles. The van der Waals surface area contributed by atoms with E-state index in [9.17, 15) is 5.21 Å². The zero-order valence-corrected chi connectivity index (χ0v) is 13.7. The molecular weight excluding hydrogens is 336 g/mol. The third-order valence-corrected chi connectivity index (χ3v) is 3.34. The number of hydrogen-bond acceptors (Lipinski definition) is 6. The Morgan fingerprint density at radius 1 is 1.42 bits per heavy atom. The van der Waals surface area contributed by atoms with Crippen molar-refractivity contribution in [1.82, 2.24) is 10.3 Å². The second-order valence-corrected chi connectivity index (χ2v) is 5.03. The van der Waals surface area contributed by atoms with Crippen LogP contribution in [0, 0.1) is 16.7 Å². The zero-order valence-electron chi connectivity index (χ0n) is 13.7. The number of anilines is 1. The molecule has 0 atom stereocenters. The highest BCUT2D eigenvalue weighted by molar-refractivity contribution is 5.96. The molecule has 1 aromatic carbocycles. The van der Waals surface area contributed by atoms with Gasteiger partial charge in [-0.15, -0.1) is 0 Å². The Kier molecular flexibility index (Phi) is 4.95. The number of aliphatic imine (C=N–C) groups is 1. The van der Waals surface area contributed by atoms with Gasteiger partial charge in [-0.3, -0.25) is 5.32 Å². The van der Waals surface area contributed by atoms with E-state index in [1.54, 1.807) is 42.7 Å². The summed E-state index contributed by atoms with van der Waals surface area (Å²) < 4.78 is 11.3. The average Bonchev–Trinajstić information content (AvgIpc) is 3.16. The predicted molar refractivity (Wildman–Crippen MR) is 93.4 cm³/mol. The maximum absolute atomic E-state index is 11.3. The van der Waals surface area contributed by atoms with Crippen LogP contribution in [-0.4, -0.2) is 18.1 Å². The Bertz CT molecular complexity index is 963. The summed E-state index contributed by atoms with van der Waals surface area (Å²) in [6, 6.07) is 8.46. The molecule has 2 heterocycles. The smallest absolute Gasteiger partial charge is 0.214 e. The summed E-state index contributed by atoms with van der Waals surface area (Å²) in [6.07, 6.45) is 7.40. The van der Waals surface area contributed by atoms with Crippen LogP contribution in [0.3, 0.4) is 0 Å². The lowest BCUT2D eigenvalue weighted by Gasteiger charge is -2.09. The molecule has 0 unspecified atom stereocenters. The highest BCUT2D eigenvalue weighted by atomic mass is 16.5. The van der Waals surface area contributed by atoms with Gasteiger partial charge < -0.3 is 19.7 Å². The standard InChI is InChI=1S/C17H14N6O3/c1-25-15-7-12(4-5-14(15)16-8-19-11-26-16)21-17(20-10-18)22-13-3-2-6-23(24)9-13/h2-9,11H,1H3,(H2,20,21,22). The van der Waals surface area contributed by atoms with Crippen molar-refractivity contribution in [2.75, 3.05) is 12.4 Å². The minimum Gasteiger partial charge on any atom is -0.619 e. The van der Waals surface area contributed by atoms with E-state index in [1.165, 1.54) is 25.9 Å². The summed E-state index contributed by atoms with van der Waals surface area (Å²) in [5.74, 6) is 1.26. The third-order valence-electron chi connectivity index (χ3n) is 3.34. The maximum Gasteiger partial charge on any atom is 0.214 e. The van der Waals surface area contributed by atoms with Crippen LogP contribution >= 0.6 is 0 Å². The average molecular weight is 350 g/mol. The fourth-order valence-corrected chi connectivity index (χ4v) is 2.24. The van der Waals surface area contributed by atoms with Crippen molar-refractivity contribution in [3.8, 4) is 23.3 Å². The van der Waals surface area contributed by atoms with Crippen LogP contribution in [0.25, 0.3) is 11.3 Å². The van der Waals surface area contributed by atoms with Gasteiger partial charge in [0.2, 0.25) is 12.2 Å². The van der Waals surface area contributed by atoms with Crippen LogP contribution in [-0.2, 0) is 0 Å². The van der Waals surface area contributed by atoms with Crippen molar-refractivity contribution in [2.24, 2.45) is 4.99 Å². The van der Waals surface area contributed by atoms with E-state index in [1.807, 2.05) is 0 Å². The Morgan fingerprint density at radius 2 is 2.31 bits per heavy atom. The molecular formula is C17H14N6O3. The first kappa shape index (κ1) is 16.8. The number of nitrogens with one attached hydrogen (secondary N) is 2. The fraction of sp³-hybridized carbons (Fsp3) is 0.0588. The van der Waals surface area contributed by atoms with E-state index in [0.29, 0.717) is 27.6 Å². The number of rotatable bonds is 4. The summed E-state index contributed by atoms with van der Waals surface area (Å²) in [5.41, 5.74) is 1.73. The fourth-order valence-electron chi connectivity index (χ4n) is 2.24. The van der Waals surface area contributed by atoms with E-state index in [-0.39, 0.29) is 5.96 Å². The first-order chi connectivity index (χ1) is 12.7. The Labute approximate surface area is 148 Å². The SMILES string of the molecule is COc1cc(N=C(NC#N)Nc2ccc[n+]([O-])c2)ccc1-c1cnco1. The number of nitrogens with zero attached hydrogens (tertiary/aromatic N) is 4. The van der Waals surface area contributed by atoms with Crippen molar-refractivity contribution in [1.29, 1.82) is 5.26 Å². The van der Waals surface area contributed by atoms with Crippen molar-refractivity contribution in [2.45, 2.75) is 0 Å². The van der Waals surface area contributed by atoms with Gasteiger partial charge in [0.1, 0.15) is 11.4 Å². The van der Waals surface area contributed by atoms with Gasteiger partial charge in [0, 0.05) is 12.1 Å². The van der Waals surface area contributed by atoms with Crippen molar-refractivity contribution in [3.05, 3.63) is 60.5 Å². The van der Waals surface area contributed by atoms with Crippen LogP contribution in [0.1, 0.15) is 0 Å². The second kappa shape index (κ2) is 7.67. The molecule has 2 aromatic heterocycles. The molecule has 3 aromatic rings. The van der Waals surface area contributed by atoms with Gasteiger partial charge in [-0.1, -0.05) is 0 Å². The maximum atomic E-state index is 11.3. The van der Waals surface area contributed by atoms with Gasteiger partial charge in [0.25, 0.3) is 0 Å². The normalized spacial score (nSPS) is 10.8. The van der Waals surface area contributed by atoms with Crippen molar-refractivity contribution < 1.29 is 13.9 Å². The summed E-state index contributed by atoms with van der Waals surface area (Å²) in [5, 5.41) is 25.6. The van der Waals surface area contributed by atoms with Gasteiger partial charge in [-0.05, 0) is 18.2 Å². The van der Waals surface area contributed by atoms with Gasteiger partial charge >= 0.3 is 0 Å².